The summed E-state index contributed by atoms with van der Waals surface area (Å²) in [6.07, 6.45) is 0.944. The van der Waals surface area contributed by atoms with Crippen molar-refractivity contribution in [2.24, 2.45) is 5.92 Å². The summed E-state index contributed by atoms with van der Waals surface area (Å²) in [7, 11) is -3.55. The second-order valence-corrected chi connectivity index (χ2v) is 8.35. The van der Waals surface area contributed by atoms with Crippen LogP contribution in [0.3, 0.4) is 0 Å². The van der Waals surface area contributed by atoms with Crippen LogP contribution < -0.4 is 4.72 Å². The van der Waals surface area contributed by atoms with Crippen LogP contribution in [0, 0.1) is 12.8 Å². The maximum atomic E-state index is 12.4. The Hall–Kier alpha value is -1.33. The molecule has 3 nitrogen and oxygen atoms in total. The molecule has 0 heterocycles. The molecule has 22 heavy (non-hydrogen) atoms. The van der Waals surface area contributed by atoms with Crippen molar-refractivity contribution in [1.29, 1.82) is 0 Å². The summed E-state index contributed by atoms with van der Waals surface area (Å²) in [4.78, 5) is 0.278. The third-order valence-electron chi connectivity index (χ3n) is 3.29. The standard InChI is InChI=1S/C17H20BrNO2S/c1-12(2)10-14-4-7-16(8-5-14)22(20,21)19-15-6-9-17(18)13(3)11-15/h4-9,11-12,19H,10H2,1-3H3. The first-order chi connectivity index (χ1) is 10.3. The monoisotopic (exact) mass is 381 g/mol. The molecule has 0 radical (unpaired) electrons. The highest BCUT2D eigenvalue weighted by Crippen LogP contribution is 2.23. The highest BCUT2D eigenvalue weighted by atomic mass is 79.9. The maximum absolute atomic E-state index is 12.4. The van der Waals surface area contributed by atoms with Gasteiger partial charge in [-0.25, -0.2) is 8.42 Å². The minimum absolute atomic E-state index is 0.278. The highest BCUT2D eigenvalue weighted by molar-refractivity contribution is 9.10. The fourth-order valence-electron chi connectivity index (χ4n) is 2.20. The first-order valence-corrected chi connectivity index (χ1v) is 9.43. The maximum Gasteiger partial charge on any atom is 0.261 e. The predicted octanol–water partition coefficient (Wildman–Crippen LogP) is 4.76. The number of anilines is 1. The van der Waals surface area contributed by atoms with Gasteiger partial charge in [-0.15, -0.1) is 0 Å². The Morgan fingerprint density at radius 1 is 1.09 bits per heavy atom. The van der Waals surface area contributed by atoms with E-state index in [0.717, 1.165) is 22.0 Å². The van der Waals surface area contributed by atoms with Crippen molar-refractivity contribution in [3.8, 4) is 0 Å². The summed E-state index contributed by atoms with van der Waals surface area (Å²) in [6.45, 7) is 6.20. The van der Waals surface area contributed by atoms with Gasteiger partial charge in [-0.2, -0.15) is 0 Å². The van der Waals surface area contributed by atoms with Gasteiger partial charge in [0.1, 0.15) is 0 Å². The Bertz CT molecular complexity index is 753. The van der Waals surface area contributed by atoms with E-state index in [1.165, 1.54) is 0 Å². The molecule has 118 valence electrons. The van der Waals surface area contributed by atoms with E-state index in [1.54, 1.807) is 24.3 Å². The van der Waals surface area contributed by atoms with Crippen LogP contribution >= 0.6 is 15.9 Å². The predicted molar refractivity (Wildman–Crippen MR) is 94.7 cm³/mol. The third-order valence-corrected chi connectivity index (χ3v) is 5.57. The zero-order valence-electron chi connectivity index (χ0n) is 12.9. The van der Waals surface area contributed by atoms with Crippen molar-refractivity contribution in [1.82, 2.24) is 0 Å². The van der Waals surface area contributed by atoms with E-state index in [-0.39, 0.29) is 4.90 Å². The molecule has 1 N–H and O–H groups in total. The molecule has 0 amide bonds. The second-order valence-electron chi connectivity index (χ2n) is 5.81. The fraction of sp³-hybridized carbons (Fsp3) is 0.294. The van der Waals surface area contributed by atoms with Crippen molar-refractivity contribution in [3.63, 3.8) is 0 Å². The minimum atomic E-state index is -3.55. The molecular formula is C17H20BrNO2S. The van der Waals surface area contributed by atoms with E-state index in [1.807, 2.05) is 25.1 Å². The van der Waals surface area contributed by atoms with E-state index in [2.05, 4.69) is 34.5 Å². The van der Waals surface area contributed by atoms with Crippen LogP contribution in [-0.2, 0) is 16.4 Å². The topological polar surface area (TPSA) is 46.2 Å². The van der Waals surface area contributed by atoms with Gasteiger partial charge < -0.3 is 0 Å². The molecule has 0 spiro atoms. The Labute approximate surface area is 140 Å². The lowest BCUT2D eigenvalue weighted by molar-refractivity contribution is 0.601. The van der Waals surface area contributed by atoms with Gasteiger partial charge in [0, 0.05) is 10.2 Å². The molecule has 2 rings (SSSR count). The van der Waals surface area contributed by atoms with Gasteiger partial charge in [0.2, 0.25) is 0 Å². The van der Waals surface area contributed by atoms with Crippen molar-refractivity contribution >= 4 is 31.6 Å². The van der Waals surface area contributed by atoms with Gasteiger partial charge in [-0.3, -0.25) is 4.72 Å². The summed E-state index contributed by atoms with van der Waals surface area (Å²) in [5.41, 5.74) is 2.69. The van der Waals surface area contributed by atoms with Gasteiger partial charge in [0.15, 0.2) is 0 Å². The first kappa shape index (κ1) is 17.0. The second kappa shape index (κ2) is 6.84. The van der Waals surface area contributed by atoms with E-state index in [4.69, 9.17) is 0 Å². The van der Waals surface area contributed by atoms with Gasteiger partial charge in [0.25, 0.3) is 10.0 Å². The fourth-order valence-corrected chi connectivity index (χ4v) is 3.49. The van der Waals surface area contributed by atoms with Crippen molar-refractivity contribution in [2.75, 3.05) is 4.72 Å². The average molecular weight is 382 g/mol. The molecule has 0 aliphatic carbocycles. The number of hydrogen-bond donors (Lipinski definition) is 1. The SMILES string of the molecule is Cc1cc(NS(=O)(=O)c2ccc(CC(C)C)cc2)ccc1Br. The summed E-state index contributed by atoms with van der Waals surface area (Å²) in [5, 5.41) is 0. The Morgan fingerprint density at radius 2 is 1.73 bits per heavy atom. The van der Waals surface area contributed by atoms with Crippen LogP contribution in [0.1, 0.15) is 25.0 Å². The van der Waals surface area contributed by atoms with E-state index < -0.39 is 10.0 Å². The number of benzene rings is 2. The molecule has 0 atom stereocenters. The number of aryl methyl sites for hydroxylation is 1. The van der Waals surface area contributed by atoms with Gasteiger partial charge >= 0.3 is 0 Å². The van der Waals surface area contributed by atoms with E-state index >= 15 is 0 Å². The summed E-state index contributed by atoms with van der Waals surface area (Å²) in [6, 6.07) is 12.4. The summed E-state index contributed by atoms with van der Waals surface area (Å²) in [5.74, 6) is 0.548. The zero-order valence-corrected chi connectivity index (χ0v) is 15.3. The lowest BCUT2D eigenvalue weighted by Gasteiger charge is -2.10. The molecule has 0 unspecified atom stereocenters. The molecule has 0 aliphatic heterocycles. The van der Waals surface area contributed by atoms with Crippen molar-refractivity contribution < 1.29 is 8.42 Å². The van der Waals surface area contributed by atoms with Gasteiger partial charge in [0.05, 0.1) is 4.90 Å². The first-order valence-electron chi connectivity index (χ1n) is 7.16. The van der Waals surface area contributed by atoms with Gasteiger partial charge in [-0.05, 0) is 60.7 Å². The molecule has 0 fully saturated rings. The Morgan fingerprint density at radius 3 is 2.27 bits per heavy atom. The molecular weight excluding hydrogens is 362 g/mol. The van der Waals surface area contributed by atoms with E-state index in [0.29, 0.717) is 11.6 Å². The zero-order chi connectivity index (χ0) is 16.3. The highest BCUT2D eigenvalue weighted by Gasteiger charge is 2.14. The molecule has 2 aromatic rings. The van der Waals surface area contributed by atoms with Crippen LogP contribution in [-0.4, -0.2) is 8.42 Å². The van der Waals surface area contributed by atoms with Gasteiger partial charge in [-0.1, -0.05) is 41.9 Å². The number of nitrogens with one attached hydrogen (secondary N) is 1. The van der Waals surface area contributed by atoms with Crippen molar-refractivity contribution in [2.45, 2.75) is 32.1 Å². The number of halogens is 1. The molecule has 5 heteroatoms. The molecule has 0 saturated carbocycles. The molecule has 0 saturated heterocycles. The minimum Gasteiger partial charge on any atom is -0.280 e. The largest absolute Gasteiger partial charge is 0.280 e. The summed E-state index contributed by atoms with van der Waals surface area (Å²) < 4.78 is 28.4. The lowest BCUT2D eigenvalue weighted by atomic mass is 10.0. The molecule has 0 aliphatic rings. The number of hydrogen-bond acceptors (Lipinski definition) is 2. The molecule has 0 aromatic heterocycles. The van der Waals surface area contributed by atoms with E-state index in [9.17, 15) is 8.42 Å². The van der Waals surface area contributed by atoms with Crippen LogP contribution in [0.25, 0.3) is 0 Å². The third kappa shape index (κ3) is 4.34. The van der Waals surface area contributed by atoms with Crippen molar-refractivity contribution in [3.05, 3.63) is 58.1 Å². The molecule has 2 aromatic carbocycles. The van der Waals surface area contributed by atoms with Crippen LogP contribution in [0.2, 0.25) is 0 Å². The lowest BCUT2D eigenvalue weighted by Crippen LogP contribution is -2.13. The quantitative estimate of drug-likeness (QED) is 0.811. The number of sulfonamides is 1. The van der Waals surface area contributed by atoms with Crippen LogP contribution in [0.5, 0.6) is 0 Å². The molecule has 0 bridgehead atoms. The van der Waals surface area contributed by atoms with Crippen LogP contribution in [0.15, 0.2) is 51.8 Å². The number of rotatable bonds is 5. The Balaban J connectivity index is 2.20. The smallest absolute Gasteiger partial charge is 0.261 e. The Kier molecular flexibility index (Phi) is 5.29. The van der Waals surface area contributed by atoms with Crippen LogP contribution in [0.4, 0.5) is 5.69 Å². The summed E-state index contributed by atoms with van der Waals surface area (Å²) >= 11 is 3.40. The normalized spacial score (nSPS) is 11.7. The average Bonchev–Trinajstić information content (AvgIpc) is 2.42.